The predicted octanol–water partition coefficient (Wildman–Crippen LogP) is 3.17. The molecule has 130 valence electrons. The molecule has 0 bridgehead atoms. The van der Waals surface area contributed by atoms with E-state index in [1.807, 2.05) is 37.3 Å². The van der Waals surface area contributed by atoms with Crippen LogP contribution in [0.1, 0.15) is 5.56 Å². The number of benzene rings is 1. The third kappa shape index (κ3) is 2.58. The van der Waals surface area contributed by atoms with Gasteiger partial charge in [-0.15, -0.1) is 17.9 Å². The lowest BCUT2D eigenvalue weighted by atomic mass is 10.2. The number of thiophene rings is 1. The van der Waals surface area contributed by atoms with E-state index >= 15 is 0 Å². The summed E-state index contributed by atoms with van der Waals surface area (Å²) in [6.07, 6.45) is 4.97. The third-order valence-corrected chi connectivity index (χ3v) is 5.28. The molecular weight excluding hydrogens is 346 g/mol. The van der Waals surface area contributed by atoms with Crippen molar-refractivity contribution in [2.75, 3.05) is 11.6 Å². The largest absolute Gasteiger partial charge is 0.306 e. The number of nitrogens with two attached hydrogens (primary N) is 1. The molecule has 7 heteroatoms. The highest BCUT2D eigenvalue weighted by molar-refractivity contribution is 7.25. The number of hydrogen-bond donors (Lipinski definition) is 1. The van der Waals surface area contributed by atoms with Crippen LogP contribution < -0.4 is 16.4 Å². The molecule has 0 aliphatic rings. The minimum absolute atomic E-state index is 0.111. The highest BCUT2D eigenvalue weighted by Crippen LogP contribution is 2.35. The van der Waals surface area contributed by atoms with Gasteiger partial charge in [-0.05, 0) is 25.1 Å². The Kier molecular flexibility index (Phi) is 4.02. The molecule has 0 radical (unpaired) electrons. The Morgan fingerprint density at radius 3 is 2.77 bits per heavy atom. The highest BCUT2D eigenvalue weighted by Gasteiger charge is 2.17. The SMILES string of the molecule is C=CCN(N)c1ccnc2sc3c(=O)n(-c4ccc(C)cc4)cnc3c12. The molecule has 3 heterocycles. The van der Waals surface area contributed by atoms with Gasteiger partial charge in [-0.25, -0.2) is 15.8 Å². The summed E-state index contributed by atoms with van der Waals surface area (Å²) in [7, 11) is 0. The minimum Gasteiger partial charge on any atom is -0.306 e. The maximum atomic E-state index is 13.0. The maximum Gasteiger partial charge on any atom is 0.275 e. The Morgan fingerprint density at radius 1 is 1.27 bits per heavy atom. The normalized spacial score (nSPS) is 11.2. The first-order chi connectivity index (χ1) is 12.6. The summed E-state index contributed by atoms with van der Waals surface area (Å²) in [5, 5.41) is 2.38. The van der Waals surface area contributed by atoms with Gasteiger partial charge >= 0.3 is 0 Å². The number of nitrogens with zero attached hydrogens (tertiary/aromatic N) is 4. The van der Waals surface area contributed by atoms with Crippen molar-refractivity contribution in [2.24, 2.45) is 5.84 Å². The molecular formula is C19H17N5OS. The van der Waals surface area contributed by atoms with Crippen molar-refractivity contribution in [3.05, 3.63) is 71.4 Å². The fourth-order valence-electron chi connectivity index (χ4n) is 2.90. The standard InChI is InChI=1S/C19H17N5OS/c1-3-10-24(20)14-8-9-21-18-15(14)16-17(26-18)19(25)23(11-22-16)13-6-4-12(2)5-7-13/h3-9,11H,1,10,20H2,2H3. The van der Waals surface area contributed by atoms with Gasteiger partial charge in [0.25, 0.3) is 5.56 Å². The van der Waals surface area contributed by atoms with Crippen molar-refractivity contribution >= 4 is 37.5 Å². The first-order valence-corrected chi connectivity index (χ1v) is 8.91. The van der Waals surface area contributed by atoms with Crippen molar-refractivity contribution < 1.29 is 0 Å². The number of aromatic nitrogens is 3. The van der Waals surface area contributed by atoms with E-state index in [1.54, 1.807) is 28.2 Å². The van der Waals surface area contributed by atoms with Crippen LogP contribution in [0.2, 0.25) is 0 Å². The van der Waals surface area contributed by atoms with Crippen LogP contribution in [0.25, 0.3) is 26.1 Å². The van der Waals surface area contributed by atoms with E-state index in [0.29, 0.717) is 16.8 Å². The molecule has 0 spiro atoms. The van der Waals surface area contributed by atoms with E-state index in [4.69, 9.17) is 5.84 Å². The van der Waals surface area contributed by atoms with Crippen molar-refractivity contribution in [3.8, 4) is 5.69 Å². The van der Waals surface area contributed by atoms with Crippen LogP contribution in [0.15, 0.2) is 60.3 Å². The Hall–Kier alpha value is -3.03. The first-order valence-electron chi connectivity index (χ1n) is 8.09. The molecule has 2 N–H and O–H groups in total. The Bertz CT molecular complexity index is 1180. The van der Waals surface area contributed by atoms with Crippen LogP contribution in [-0.4, -0.2) is 21.1 Å². The molecule has 26 heavy (non-hydrogen) atoms. The second-order valence-corrected chi connectivity index (χ2v) is 6.99. The van der Waals surface area contributed by atoms with Crippen LogP contribution in [0, 0.1) is 6.92 Å². The van der Waals surface area contributed by atoms with Gasteiger partial charge in [0.1, 0.15) is 21.4 Å². The van der Waals surface area contributed by atoms with Gasteiger partial charge in [0, 0.05) is 6.20 Å². The number of hydrazine groups is 1. The summed E-state index contributed by atoms with van der Waals surface area (Å²) in [6.45, 7) is 6.21. The van der Waals surface area contributed by atoms with Gasteiger partial charge in [0.05, 0.1) is 23.3 Å². The molecule has 0 amide bonds. The Balaban J connectivity index is 1.98. The lowest BCUT2D eigenvalue weighted by Gasteiger charge is -2.17. The zero-order valence-corrected chi connectivity index (χ0v) is 15.0. The van der Waals surface area contributed by atoms with E-state index in [0.717, 1.165) is 27.2 Å². The second-order valence-electron chi connectivity index (χ2n) is 5.99. The van der Waals surface area contributed by atoms with Crippen LogP contribution >= 0.6 is 11.3 Å². The molecule has 0 fully saturated rings. The molecule has 4 rings (SSSR count). The monoisotopic (exact) mass is 363 g/mol. The molecule has 1 aromatic carbocycles. The molecule has 4 aromatic rings. The smallest absolute Gasteiger partial charge is 0.275 e. The van der Waals surface area contributed by atoms with E-state index in [2.05, 4.69) is 16.5 Å². The van der Waals surface area contributed by atoms with Gasteiger partial charge in [-0.2, -0.15) is 0 Å². The molecule has 3 aromatic heterocycles. The number of pyridine rings is 1. The van der Waals surface area contributed by atoms with E-state index in [-0.39, 0.29) is 5.56 Å². The Labute approximate surface area is 153 Å². The molecule has 0 saturated heterocycles. The van der Waals surface area contributed by atoms with Crippen molar-refractivity contribution in [2.45, 2.75) is 6.92 Å². The van der Waals surface area contributed by atoms with Crippen LogP contribution in [0.4, 0.5) is 5.69 Å². The number of fused-ring (bicyclic) bond motifs is 3. The third-order valence-electron chi connectivity index (χ3n) is 4.21. The van der Waals surface area contributed by atoms with Crippen LogP contribution in [0.5, 0.6) is 0 Å². The molecule has 0 aliphatic carbocycles. The van der Waals surface area contributed by atoms with Crippen molar-refractivity contribution in [3.63, 3.8) is 0 Å². The van der Waals surface area contributed by atoms with E-state index in [9.17, 15) is 4.79 Å². The summed E-state index contributed by atoms with van der Waals surface area (Å²) < 4.78 is 2.12. The zero-order chi connectivity index (χ0) is 18.3. The summed E-state index contributed by atoms with van der Waals surface area (Å²) in [6, 6.07) is 9.58. The molecule has 6 nitrogen and oxygen atoms in total. The quantitative estimate of drug-likeness (QED) is 0.342. The van der Waals surface area contributed by atoms with Crippen molar-refractivity contribution in [1.82, 2.24) is 14.5 Å². The number of anilines is 1. The molecule has 0 saturated carbocycles. The second kappa shape index (κ2) is 6.36. The summed E-state index contributed by atoms with van der Waals surface area (Å²) in [4.78, 5) is 22.7. The Morgan fingerprint density at radius 2 is 2.04 bits per heavy atom. The van der Waals surface area contributed by atoms with Gasteiger partial charge < -0.3 is 5.01 Å². The summed E-state index contributed by atoms with van der Waals surface area (Å²) >= 11 is 1.33. The fraction of sp³-hybridized carbons (Fsp3) is 0.105. The first kappa shape index (κ1) is 16.4. The molecule has 0 unspecified atom stereocenters. The van der Waals surface area contributed by atoms with Gasteiger partial charge in [0.15, 0.2) is 0 Å². The minimum atomic E-state index is -0.111. The van der Waals surface area contributed by atoms with E-state index < -0.39 is 0 Å². The average Bonchev–Trinajstić information content (AvgIpc) is 3.03. The average molecular weight is 363 g/mol. The van der Waals surface area contributed by atoms with Gasteiger partial charge in [-0.3, -0.25) is 9.36 Å². The molecule has 0 atom stereocenters. The summed E-state index contributed by atoms with van der Waals surface area (Å²) in [5.41, 5.74) is 3.21. The molecule has 0 aliphatic heterocycles. The van der Waals surface area contributed by atoms with Crippen LogP contribution in [0.3, 0.4) is 0 Å². The highest BCUT2D eigenvalue weighted by atomic mass is 32.1. The van der Waals surface area contributed by atoms with Gasteiger partial charge in [-0.1, -0.05) is 23.8 Å². The van der Waals surface area contributed by atoms with Gasteiger partial charge in [0.2, 0.25) is 0 Å². The van der Waals surface area contributed by atoms with Crippen molar-refractivity contribution in [1.29, 1.82) is 0 Å². The fourth-order valence-corrected chi connectivity index (χ4v) is 3.95. The predicted molar refractivity (Wildman–Crippen MR) is 107 cm³/mol. The lowest BCUT2D eigenvalue weighted by Crippen LogP contribution is -2.30. The van der Waals surface area contributed by atoms with E-state index in [1.165, 1.54) is 11.3 Å². The summed E-state index contributed by atoms with van der Waals surface area (Å²) in [5.74, 6) is 6.12. The topological polar surface area (TPSA) is 77.0 Å². The zero-order valence-electron chi connectivity index (χ0n) is 14.2. The number of aryl methyl sites for hydroxylation is 1. The lowest BCUT2D eigenvalue weighted by molar-refractivity contribution is 0.945. The van der Waals surface area contributed by atoms with Crippen LogP contribution in [-0.2, 0) is 0 Å². The number of rotatable bonds is 4. The number of hydrogen-bond acceptors (Lipinski definition) is 6. The maximum absolute atomic E-state index is 13.0.